The maximum absolute atomic E-state index is 12.1. The van der Waals surface area contributed by atoms with Gasteiger partial charge in [-0.25, -0.2) is 0 Å². The number of benzene rings is 1. The molecule has 0 aliphatic heterocycles. The van der Waals surface area contributed by atoms with Crippen molar-refractivity contribution in [1.82, 2.24) is 10.2 Å². The predicted octanol–water partition coefficient (Wildman–Crippen LogP) is 2.08. The lowest BCUT2D eigenvalue weighted by molar-refractivity contribution is -0.137. The number of hydrogen-bond donors (Lipinski definition) is 2. The van der Waals surface area contributed by atoms with Crippen molar-refractivity contribution < 1.29 is 14.7 Å². The molecule has 1 amide bonds. The second kappa shape index (κ2) is 8.76. The van der Waals surface area contributed by atoms with E-state index < -0.39 is 5.97 Å². The summed E-state index contributed by atoms with van der Waals surface area (Å²) in [6.45, 7) is 0.603. The molecule has 5 nitrogen and oxygen atoms in total. The fourth-order valence-corrected chi connectivity index (χ4v) is 2.39. The molecule has 1 aliphatic carbocycles. The summed E-state index contributed by atoms with van der Waals surface area (Å²) in [6.07, 6.45) is 2.35. The molecule has 1 aliphatic rings. The summed E-state index contributed by atoms with van der Waals surface area (Å²) in [7, 11) is 1.76. The molecule has 1 aromatic rings. The smallest absolute Gasteiger partial charge is 0.304 e. The molecule has 2 N–H and O–H groups in total. The number of hydrogen-bond acceptors (Lipinski definition) is 3. The van der Waals surface area contributed by atoms with Crippen molar-refractivity contribution in [1.29, 1.82) is 0 Å². The molecule has 2 rings (SSSR count). The second-order valence-corrected chi connectivity index (χ2v) is 5.67. The van der Waals surface area contributed by atoms with E-state index in [0.29, 0.717) is 12.5 Å². The number of rotatable bonds is 8. The van der Waals surface area contributed by atoms with Gasteiger partial charge >= 0.3 is 5.97 Å². The van der Waals surface area contributed by atoms with Gasteiger partial charge in [-0.2, -0.15) is 0 Å². The zero-order valence-corrected chi connectivity index (χ0v) is 13.5. The Morgan fingerprint density at radius 1 is 1.32 bits per heavy atom. The molecule has 22 heavy (non-hydrogen) atoms. The van der Waals surface area contributed by atoms with Gasteiger partial charge in [-0.05, 0) is 31.4 Å². The maximum Gasteiger partial charge on any atom is 0.304 e. The third kappa shape index (κ3) is 6.03. The molecule has 0 saturated heterocycles. The molecule has 0 radical (unpaired) electrons. The van der Waals surface area contributed by atoms with E-state index in [2.05, 4.69) is 5.32 Å². The van der Waals surface area contributed by atoms with Crippen LogP contribution in [-0.4, -0.2) is 42.0 Å². The van der Waals surface area contributed by atoms with Crippen LogP contribution in [0, 0.1) is 5.92 Å². The van der Waals surface area contributed by atoms with Gasteiger partial charge in [0.05, 0.1) is 19.0 Å². The first-order valence-electron chi connectivity index (χ1n) is 7.31. The van der Waals surface area contributed by atoms with Gasteiger partial charge in [0.1, 0.15) is 0 Å². The van der Waals surface area contributed by atoms with Crippen molar-refractivity contribution in [3.63, 3.8) is 0 Å². The van der Waals surface area contributed by atoms with Crippen LogP contribution in [0.4, 0.5) is 0 Å². The summed E-state index contributed by atoms with van der Waals surface area (Å²) in [6, 6.07) is 10.1. The number of amides is 1. The Hall–Kier alpha value is -1.59. The minimum Gasteiger partial charge on any atom is -0.481 e. The molecule has 1 unspecified atom stereocenters. The van der Waals surface area contributed by atoms with Crippen molar-refractivity contribution >= 4 is 24.3 Å². The number of carboxylic acid groups (broad SMARTS) is 1. The van der Waals surface area contributed by atoms with Gasteiger partial charge < -0.3 is 10.4 Å². The third-order valence-electron chi connectivity index (χ3n) is 3.69. The van der Waals surface area contributed by atoms with Crippen LogP contribution in [0.5, 0.6) is 0 Å². The van der Waals surface area contributed by atoms with Crippen LogP contribution >= 0.6 is 12.4 Å². The summed E-state index contributed by atoms with van der Waals surface area (Å²) in [5, 5.41) is 11.7. The normalized spacial score (nSPS) is 15.0. The molecule has 0 aromatic heterocycles. The van der Waals surface area contributed by atoms with Crippen molar-refractivity contribution in [3.05, 3.63) is 35.9 Å². The standard InChI is InChI=1S/C16H22N2O3.ClH/c1-18(10-9-15(20)21)11-14(19)17-16(13-7-8-13)12-5-3-2-4-6-12;/h2-6,13,16H,7-11H2,1H3,(H,17,19)(H,20,21);1H. The summed E-state index contributed by atoms with van der Waals surface area (Å²) < 4.78 is 0. The van der Waals surface area contributed by atoms with E-state index in [1.165, 1.54) is 0 Å². The Bertz CT molecular complexity index is 491. The Kier molecular flexibility index (Phi) is 7.35. The van der Waals surface area contributed by atoms with Gasteiger partial charge in [0.25, 0.3) is 0 Å². The first kappa shape index (κ1) is 18.5. The van der Waals surface area contributed by atoms with Crippen molar-refractivity contribution in [2.45, 2.75) is 25.3 Å². The van der Waals surface area contributed by atoms with Gasteiger partial charge in [0, 0.05) is 6.54 Å². The zero-order chi connectivity index (χ0) is 15.2. The average Bonchev–Trinajstić information content (AvgIpc) is 3.28. The number of likely N-dealkylation sites (N-methyl/N-ethyl adjacent to an activating group) is 1. The SMILES string of the molecule is CN(CCC(=O)O)CC(=O)NC(c1ccccc1)C1CC1.Cl. The van der Waals surface area contributed by atoms with E-state index >= 15 is 0 Å². The quantitative estimate of drug-likeness (QED) is 0.767. The highest BCUT2D eigenvalue weighted by molar-refractivity contribution is 5.85. The van der Waals surface area contributed by atoms with E-state index in [1.807, 2.05) is 30.3 Å². The Labute approximate surface area is 137 Å². The molecule has 0 spiro atoms. The van der Waals surface area contributed by atoms with Crippen LogP contribution in [-0.2, 0) is 9.59 Å². The first-order valence-corrected chi connectivity index (χ1v) is 7.31. The molecule has 122 valence electrons. The maximum atomic E-state index is 12.1. The van der Waals surface area contributed by atoms with Crippen LogP contribution in [0.3, 0.4) is 0 Å². The monoisotopic (exact) mass is 326 g/mol. The zero-order valence-electron chi connectivity index (χ0n) is 12.7. The van der Waals surface area contributed by atoms with E-state index in [9.17, 15) is 9.59 Å². The lowest BCUT2D eigenvalue weighted by atomic mass is 10.0. The fraction of sp³-hybridized carbons (Fsp3) is 0.500. The molecule has 1 saturated carbocycles. The summed E-state index contributed by atoms with van der Waals surface area (Å²) in [5.41, 5.74) is 1.14. The van der Waals surface area contributed by atoms with Gasteiger partial charge in [-0.15, -0.1) is 12.4 Å². The highest BCUT2D eigenvalue weighted by Gasteiger charge is 2.33. The summed E-state index contributed by atoms with van der Waals surface area (Å²) in [4.78, 5) is 24.4. The molecule has 1 atom stereocenters. The van der Waals surface area contributed by atoms with Crippen molar-refractivity contribution in [2.24, 2.45) is 5.92 Å². The molecule has 0 bridgehead atoms. The fourth-order valence-electron chi connectivity index (χ4n) is 2.39. The number of nitrogens with zero attached hydrogens (tertiary/aromatic N) is 1. The van der Waals surface area contributed by atoms with Gasteiger partial charge in [-0.3, -0.25) is 14.5 Å². The average molecular weight is 327 g/mol. The van der Waals surface area contributed by atoms with Gasteiger partial charge in [0.2, 0.25) is 5.91 Å². The molecular formula is C16H23ClN2O3. The van der Waals surface area contributed by atoms with Gasteiger partial charge in [0.15, 0.2) is 0 Å². The molecule has 1 aromatic carbocycles. The minimum atomic E-state index is -0.845. The van der Waals surface area contributed by atoms with Crippen LogP contribution in [0.15, 0.2) is 30.3 Å². The first-order chi connectivity index (χ1) is 10.1. The predicted molar refractivity (Wildman–Crippen MR) is 87.0 cm³/mol. The van der Waals surface area contributed by atoms with E-state index in [4.69, 9.17) is 5.11 Å². The Morgan fingerprint density at radius 3 is 2.50 bits per heavy atom. The lowest BCUT2D eigenvalue weighted by Crippen LogP contribution is -2.38. The van der Waals surface area contributed by atoms with Crippen molar-refractivity contribution in [2.75, 3.05) is 20.1 Å². The lowest BCUT2D eigenvalue weighted by Gasteiger charge is -2.21. The third-order valence-corrected chi connectivity index (χ3v) is 3.69. The molecule has 0 heterocycles. The molecular weight excluding hydrogens is 304 g/mol. The second-order valence-electron chi connectivity index (χ2n) is 5.67. The Morgan fingerprint density at radius 2 is 1.95 bits per heavy atom. The van der Waals surface area contributed by atoms with Crippen LogP contribution in [0.25, 0.3) is 0 Å². The number of halogens is 1. The largest absolute Gasteiger partial charge is 0.481 e. The van der Waals surface area contributed by atoms with E-state index in [1.54, 1.807) is 11.9 Å². The Balaban J connectivity index is 0.00000242. The van der Waals surface area contributed by atoms with Gasteiger partial charge in [-0.1, -0.05) is 30.3 Å². The summed E-state index contributed by atoms with van der Waals surface area (Å²) >= 11 is 0. The van der Waals surface area contributed by atoms with E-state index in [-0.39, 0.29) is 37.3 Å². The number of carbonyl (C=O) groups excluding carboxylic acids is 1. The van der Waals surface area contributed by atoms with E-state index in [0.717, 1.165) is 18.4 Å². The highest BCUT2D eigenvalue weighted by Crippen LogP contribution is 2.40. The highest BCUT2D eigenvalue weighted by atomic mass is 35.5. The number of carbonyl (C=O) groups is 2. The topological polar surface area (TPSA) is 69.6 Å². The van der Waals surface area contributed by atoms with Crippen LogP contribution < -0.4 is 5.32 Å². The van der Waals surface area contributed by atoms with Crippen LogP contribution in [0.1, 0.15) is 30.9 Å². The number of nitrogens with one attached hydrogen (secondary N) is 1. The molecule has 1 fully saturated rings. The summed E-state index contributed by atoms with van der Waals surface area (Å²) in [5.74, 6) is -0.369. The number of carboxylic acids is 1. The van der Waals surface area contributed by atoms with Crippen molar-refractivity contribution in [3.8, 4) is 0 Å². The van der Waals surface area contributed by atoms with Crippen LogP contribution in [0.2, 0.25) is 0 Å². The number of aliphatic carboxylic acids is 1. The molecule has 6 heteroatoms. The minimum absolute atomic E-state index is 0.